The van der Waals surface area contributed by atoms with Gasteiger partial charge < -0.3 is 13.6 Å². The zero-order valence-electron chi connectivity index (χ0n) is 12.9. The molecule has 0 aromatic heterocycles. The van der Waals surface area contributed by atoms with Gasteiger partial charge in [-0.2, -0.15) is 0 Å². The van der Waals surface area contributed by atoms with Gasteiger partial charge >= 0.3 is 0 Å². The minimum Gasteiger partial charge on any atom is -0.418 e. The molecule has 0 aliphatic heterocycles. The van der Waals surface area contributed by atoms with Crippen LogP contribution >= 0.6 is 0 Å². The molecule has 0 aromatic carbocycles. The summed E-state index contributed by atoms with van der Waals surface area (Å²) in [6, 6.07) is 0. The van der Waals surface area contributed by atoms with Crippen molar-refractivity contribution in [3.05, 3.63) is 12.7 Å². The molecule has 0 aliphatic rings. The van der Waals surface area contributed by atoms with E-state index in [0.717, 1.165) is 13.0 Å². The van der Waals surface area contributed by atoms with E-state index in [4.69, 9.17) is 13.6 Å². The Morgan fingerprint density at radius 2 is 1.67 bits per heavy atom. The molecule has 0 spiro atoms. The Balaban J connectivity index is 4.08. The maximum absolute atomic E-state index is 6.11. The normalized spacial score (nSPS) is 14.6. The fraction of sp³-hybridized carbons (Fsp3) is 0.846. The summed E-state index contributed by atoms with van der Waals surface area (Å²) in [5.41, 5.74) is 0. The molecule has 1 unspecified atom stereocenters. The fourth-order valence-corrected chi connectivity index (χ4v) is 3.37. The summed E-state index contributed by atoms with van der Waals surface area (Å²) < 4.78 is 17.5. The molecule has 3 nitrogen and oxygen atoms in total. The van der Waals surface area contributed by atoms with Crippen molar-refractivity contribution in [3.8, 4) is 0 Å². The molecule has 0 amide bonds. The van der Waals surface area contributed by atoms with Crippen molar-refractivity contribution < 1.29 is 13.6 Å². The number of ether oxygens (including phenoxy) is 1. The predicted octanol–water partition coefficient (Wildman–Crippen LogP) is 3.65. The van der Waals surface area contributed by atoms with Gasteiger partial charge in [-0.25, -0.2) is 0 Å². The molecule has 0 saturated carbocycles. The van der Waals surface area contributed by atoms with E-state index < -0.39 is 16.6 Å². The van der Waals surface area contributed by atoms with Crippen molar-refractivity contribution in [1.82, 2.24) is 0 Å². The van der Waals surface area contributed by atoms with Gasteiger partial charge in [-0.1, -0.05) is 6.08 Å². The van der Waals surface area contributed by atoms with Crippen molar-refractivity contribution in [2.75, 3.05) is 19.8 Å². The average Bonchev–Trinajstić information content (AvgIpc) is 2.13. The lowest BCUT2D eigenvalue weighted by Crippen LogP contribution is -2.36. The minimum absolute atomic E-state index is 0.146. The smallest absolute Gasteiger partial charge is 0.184 e. The Labute approximate surface area is 115 Å². The molecule has 18 heavy (non-hydrogen) atoms. The van der Waals surface area contributed by atoms with Crippen molar-refractivity contribution in [1.29, 1.82) is 0 Å². The van der Waals surface area contributed by atoms with E-state index >= 15 is 0 Å². The van der Waals surface area contributed by atoms with Gasteiger partial charge in [0.25, 0.3) is 0 Å². The van der Waals surface area contributed by atoms with Gasteiger partial charge in [0.2, 0.25) is 0 Å². The first-order chi connectivity index (χ1) is 8.14. The first kappa shape index (κ1) is 18.1. The molecule has 0 heterocycles. The maximum atomic E-state index is 6.11. The lowest BCUT2D eigenvalue weighted by molar-refractivity contribution is 0.0467. The second-order valence-corrected chi connectivity index (χ2v) is 15.4. The lowest BCUT2D eigenvalue weighted by atomic mass is 10.3. The molecular formula is C13H30O3Si2. The molecule has 0 bridgehead atoms. The van der Waals surface area contributed by atoms with E-state index in [0.29, 0.717) is 13.2 Å². The average molecular weight is 291 g/mol. The summed E-state index contributed by atoms with van der Waals surface area (Å²) in [7, 11) is -2.95. The molecule has 0 rings (SSSR count). The first-order valence-electron chi connectivity index (χ1n) is 6.64. The standard InChI is InChI=1S/C13H30O3Si2/c1-8-10-14-12-13(16-18(5,6)7)9-11-15-17(2,3)4/h8,13H,1,9-12H2,2-7H3. The van der Waals surface area contributed by atoms with Gasteiger partial charge in [0.1, 0.15) is 0 Å². The zero-order valence-corrected chi connectivity index (χ0v) is 14.9. The monoisotopic (exact) mass is 290 g/mol. The Bertz CT molecular complexity index is 231. The van der Waals surface area contributed by atoms with E-state index in [1.54, 1.807) is 6.08 Å². The first-order valence-corrected chi connectivity index (χ1v) is 13.5. The highest BCUT2D eigenvalue weighted by atomic mass is 28.4. The van der Waals surface area contributed by atoms with Crippen LogP contribution in [0.3, 0.4) is 0 Å². The molecule has 0 saturated heterocycles. The van der Waals surface area contributed by atoms with Crippen LogP contribution in [0.1, 0.15) is 6.42 Å². The minimum atomic E-state index is -1.53. The topological polar surface area (TPSA) is 27.7 Å². The molecule has 0 N–H and O–H groups in total. The van der Waals surface area contributed by atoms with Crippen molar-refractivity contribution in [2.45, 2.75) is 51.8 Å². The highest BCUT2D eigenvalue weighted by molar-refractivity contribution is 6.70. The highest BCUT2D eigenvalue weighted by Gasteiger charge is 2.22. The molecule has 1 atom stereocenters. The van der Waals surface area contributed by atoms with Gasteiger partial charge in [0.15, 0.2) is 16.6 Å². The Morgan fingerprint density at radius 3 is 2.11 bits per heavy atom. The lowest BCUT2D eigenvalue weighted by Gasteiger charge is -2.27. The summed E-state index contributed by atoms with van der Waals surface area (Å²) in [4.78, 5) is 0. The summed E-state index contributed by atoms with van der Waals surface area (Å²) in [5.74, 6) is 0. The molecule has 0 aromatic rings. The van der Waals surface area contributed by atoms with Crippen LogP contribution in [0.4, 0.5) is 0 Å². The van der Waals surface area contributed by atoms with Crippen molar-refractivity contribution in [3.63, 3.8) is 0 Å². The molecule has 0 radical (unpaired) electrons. The maximum Gasteiger partial charge on any atom is 0.184 e. The Kier molecular flexibility index (Phi) is 8.29. The third-order valence-corrected chi connectivity index (χ3v) is 4.15. The summed E-state index contributed by atoms with van der Waals surface area (Å²) in [6.07, 6.45) is 2.82. The van der Waals surface area contributed by atoms with E-state index in [-0.39, 0.29) is 6.10 Å². The number of rotatable bonds is 10. The summed E-state index contributed by atoms with van der Waals surface area (Å²) >= 11 is 0. The fourth-order valence-electron chi connectivity index (χ4n) is 1.46. The van der Waals surface area contributed by atoms with Crippen LogP contribution in [0.2, 0.25) is 39.3 Å². The third kappa shape index (κ3) is 12.5. The van der Waals surface area contributed by atoms with Crippen LogP contribution in [-0.2, 0) is 13.6 Å². The molecule has 108 valence electrons. The number of hydrogen-bond donors (Lipinski definition) is 0. The summed E-state index contributed by atoms with van der Waals surface area (Å²) in [5, 5.41) is 0. The molecule has 0 aliphatic carbocycles. The highest BCUT2D eigenvalue weighted by Crippen LogP contribution is 2.12. The van der Waals surface area contributed by atoms with Gasteiger partial charge in [0.05, 0.1) is 19.3 Å². The quantitative estimate of drug-likeness (QED) is 0.349. The largest absolute Gasteiger partial charge is 0.418 e. The van der Waals surface area contributed by atoms with Gasteiger partial charge in [-0.3, -0.25) is 0 Å². The molecule has 0 fully saturated rings. The Morgan fingerprint density at radius 1 is 1.06 bits per heavy atom. The van der Waals surface area contributed by atoms with Gasteiger partial charge in [0, 0.05) is 6.61 Å². The van der Waals surface area contributed by atoms with Crippen LogP contribution in [0.15, 0.2) is 12.7 Å². The van der Waals surface area contributed by atoms with E-state index in [9.17, 15) is 0 Å². The molecular weight excluding hydrogens is 260 g/mol. The third-order valence-electron chi connectivity index (χ3n) is 2.03. The summed E-state index contributed by atoms with van der Waals surface area (Å²) in [6.45, 7) is 18.8. The van der Waals surface area contributed by atoms with Crippen LogP contribution in [0, 0.1) is 0 Å². The molecule has 5 heteroatoms. The zero-order chi connectivity index (χ0) is 14.2. The van der Waals surface area contributed by atoms with E-state index in [2.05, 4.69) is 45.9 Å². The van der Waals surface area contributed by atoms with Crippen LogP contribution < -0.4 is 0 Å². The Hall–Kier alpha value is 0.0538. The predicted molar refractivity (Wildman–Crippen MR) is 83.2 cm³/mol. The van der Waals surface area contributed by atoms with Crippen LogP contribution in [0.5, 0.6) is 0 Å². The van der Waals surface area contributed by atoms with Crippen LogP contribution in [0.25, 0.3) is 0 Å². The van der Waals surface area contributed by atoms with Crippen molar-refractivity contribution in [2.24, 2.45) is 0 Å². The van der Waals surface area contributed by atoms with Gasteiger partial charge in [-0.15, -0.1) is 6.58 Å². The van der Waals surface area contributed by atoms with Crippen LogP contribution in [-0.4, -0.2) is 42.6 Å². The van der Waals surface area contributed by atoms with Gasteiger partial charge in [-0.05, 0) is 45.7 Å². The van der Waals surface area contributed by atoms with Crippen molar-refractivity contribution >= 4 is 16.6 Å². The number of hydrogen-bond acceptors (Lipinski definition) is 3. The van der Waals surface area contributed by atoms with E-state index in [1.165, 1.54) is 0 Å². The van der Waals surface area contributed by atoms with E-state index in [1.807, 2.05) is 0 Å². The second kappa shape index (κ2) is 8.27. The SMILES string of the molecule is C=CCOCC(CCO[Si](C)(C)C)O[Si](C)(C)C. The second-order valence-electron chi connectivity index (χ2n) is 6.43.